The second-order valence-electron chi connectivity index (χ2n) is 2.59. The van der Waals surface area contributed by atoms with E-state index in [2.05, 4.69) is 16.1 Å². The van der Waals surface area contributed by atoms with Crippen LogP contribution in [-0.2, 0) is 0 Å². The van der Waals surface area contributed by atoms with Crippen LogP contribution in [0.1, 0.15) is 6.55 Å². The predicted molar refractivity (Wildman–Crippen MR) is 45.5 cm³/mol. The van der Waals surface area contributed by atoms with Crippen molar-refractivity contribution in [3.8, 4) is 11.4 Å². The van der Waals surface area contributed by atoms with E-state index < -0.39 is 6.55 Å². The summed E-state index contributed by atoms with van der Waals surface area (Å²) in [5, 5.41) is 3.63. The second-order valence-corrected chi connectivity index (χ2v) is 2.59. The molecule has 0 bridgehead atoms. The van der Waals surface area contributed by atoms with Crippen LogP contribution in [0, 0.1) is 6.07 Å². The van der Waals surface area contributed by atoms with Gasteiger partial charge in [-0.3, -0.25) is 4.98 Å². The maximum atomic E-state index is 12.2. The minimum absolute atomic E-state index is 0.325. The molecular formula is C9H6F2N3. The largest absolute Gasteiger partial charge is 0.333 e. The molecule has 2 rings (SSSR count). The summed E-state index contributed by atoms with van der Waals surface area (Å²) >= 11 is 0. The molecule has 2 aromatic heterocycles. The van der Waals surface area contributed by atoms with Crippen molar-refractivity contribution in [1.29, 1.82) is 0 Å². The van der Waals surface area contributed by atoms with E-state index in [0.29, 0.717) is 16.1 Å². The summed E-state index contributed by atoms with van der Waals surface area (Å²) in [5.74, 6) is 0. The van der Waals surface area contributed by atoms with Crippen LogP contribution < -0.4 is 0 Å². The zero-order valence-corrected chi connectivity index (χ0v) is 7.06. The Morgan fingerprint density at radius 2 is 2.21 bits per heavy atom. The molecule has 3 nitrogen and oxygen atoms in total. The van der Waals surface area contributed by atoms with Crippen LogP contribution in [0.2, 0.25) is 0 Å². The van der Waals surface area contributed by atoms with E-state index in [4.69, 9.17) is 0 Å². The normalized spacial score (nSPS) is 10.8. The van der Waals surface area contributed by atoms with Gasteiger partial charge in [-0.15, -0.1) is 0 Å². The quantitative estimate of drug-likeness (QED) is 0.733. The van der Waals surface area contributed by atoms with E-state index in [9.17, 15) is 8.78 Å². The Morgan fingerprint density at radius 3 is 2.79 bits per heavy atom. The fraction of sp³-hybridized carbons (Fsp3) is 0.111. The molecule has 0 atom stereocenters. The topological polar surface area (TPSA) is 30.7 Å². The Morgan fingerprint density at radius 1 is 1.36 bits per heavy atom. The molecule has 0 aliphatic rings. The lowest BCUT2D eigenvalue weighted by atomic mass is 10.3. The molecule has 0 fully saturated rings. The zero-order chi connectivity index (χ0) is 9.97. The van der Waals surface area contributed by atoms with Crippen molar-refractivity contribution in [2.45, 2.75) is 6.55 Å². The molecule has 0 saturated carbocycles. The summed E-state index contributed by atoms with van der Waals surface area (Å²) in [7, 11) is 0. The summed E-state index contributed by atoms with van der Waals surface area (Å²) in [6.07, 6.45) is 2.68. The maximum absolute atomic E-state index is 12.2. The predicted octanol–water partition coefficient (Wildman–Crippen LogP) is 2.14. The number of hydrogen-bond acceptors (Lipinski definition) is 2. The van der Waals surface area contributed by atoms with Gasteiger partial charge in [-0.05, 0) is 12.1 Å². The Hall–Kier alpha value is -1.78. The Balaban J connectivity index is 2.34. The number of rotatable bonds is 2. The number of nitrogens with zero attached hydrogens (tertiary/aromatic N) is 3. The van der Waals surface area contributed by atoms with Crippen molar-refractivity contribution in [3.63, 3.8) is 0 Å². The Bertz CT molecular complexity index is 411. The molecule has 0 unspecified atom stereocenters. The van der Waals surface area contributed by atoms with Gasteiger partial charge in [-0.25, -0.2) is 4.68 Å². The first kappa shape index (κ1) is 8.80. The summed E-state index contributed by atoms with van der Waals surface area (Å²) in [4.78, 5) is 3.97. The Kier molecular flexibility index (Phi) is 2.22. The van der Waals surface area contributed by atoms with Crippen LogP contribution >= 0.6 is 0 Å². The molecule has 71 valence electrons. The molecule has 14 heavy (non-hydrogen) atoms. The molecule has 2 aromatic rings. The van der Waals surface area contributed by atoms with E-state index in [1.165, 1.54) is 0 Å². The first-order valence-corrected chi connectivity index (χ1v) is 3.94. The summed E-state index contributed by atoms with van der Waals surface area (Å²) in [6.45, 7) is -2.64. The minimum atomic E-state index is -2.64. The van der Waals surface area contributed by atoms with Gasteiger partial charge >= 0.3 is 6.55 Å². The number of pyridine rings is 1. The van der Waals surface area contributed by atoms with E-state index in [-0.39, 0.29) is 0 Å². The number of hydrogen-bond donors (Lipinski definition) is 0. The second kappa shape index (κ2) is 3.53. The lowest BCUT2D eigenvalue weighted by Gasteiger charge is -1.96. The third-order valence-corrected chi connectivity index (χ3v) is 1.66. The average molecular weight is 194 g/mol. The third-order valence-electron chi connectivity index (χ3n) is 1.66. The summed E-state index contributed by atoms with van der Waals surface area (Å²) < 4.78 is 24.9. The molecule has 1 radical (unpaired) electrons. The molecule has 0 N–H and O–H groups in total. The highest BCUT2D eigenvalue weighted by Gasteiger charge is 2.09. The van der Waals surface area contributed by atoms with Crippen LogP contribution in [0.15, 0.2) is 30.6 Å². The highest BCUT2D eigenvalue weighted by molar-refractivity contribution is 5.51. The lowest BCUT2D eigenvalue weighted by Crippen LogP contribution is -1.98. The number of halogens is 2. The molecule has 0 aliphatic carbocycles. The smallest absolute Gasteiger partial charge is 0.255 e. The van der Waals surface area contributed by atoms with Crippen molar-refractivity contribution in [3.05, 3.63) is 36.7 Å². The van der Waals surface area contributed by atoms with Crippen LogP contribution in [0.5, 0.6) is 0 Å². The highest BCUT2D eigenvalue weighted by Crippen LogP contribution is 2.15. The van der Waals surface area contributed by atoms with Gasteiger partial charge in [0.15, 0.2) is 0 Å². The van der Waals surface area contributed by atoms with Crippen molar-refractivity contribution in [2.75, 3.05) is 0 Å². The fourth-order valence-corrected chi connectivity index (χ4v) is 1.03. The van der Waals surface area contributed by atoms with Gasteiger partial charge in [0.2, 0.25) is 0 Å². The average Bonchev–Trinajstić information content (AvgIpc) is 2.68. The van der Waals surface area contributed by atoms with Crippen LogP contribution in [0.3, 0.4) is 0 Å². The number of alkyl halides is 2. The SMILES string of the molecule is FC(F)n1c[c]c(-c2ccccn2)n1. The van der Waals surface area contributed by atoms with E-state index in [1.807, 2.05) is 0 Å². The van der Waals surface area contributed by atoms with Crippen LogP contribution in [0.25, 0.3) is 11.4 Å². The fourth-order valence-electron chi connectivity index (χ4n) is 1.03. The van der Waals surface area contributed by atoms with Crippen LogP contribution in [0.4, 0.5) is 8.78 Å². The molecule has 0 aromatic carbocycles. The van der Waals surface area contributed by atoms with Gasteiger partial charge in [0, 0.05) is 18.5 Å². The Labute approximate surface area is 79.0 Å². The van der Waals surface area contributed by atoms with Crippen molar-refractivity contribution in [1.82, 2.24) is 14.8 Å². The molecule has 0 spiro atoms. The summed E-state index contributed by atoms with van der Waals surface area (Å²) in [5.41, 5.74) is 0.859. The zero-order valence-electron chi connectivity index (χ0n) is 7.06. The van der Waals surface area contributed by atoms with Gasteiger partial charge in [-0.1, -0.05) is 6.07 Å². The van der Waals surface area contributed by atoms with Gasteiger partial charge in [0.25, 0.3) is 0 Å². The van der Waals surface area contributed by atoms with Gasteiger partial charge in [-0.2, -0.15) is 13.9 Å². The van der Waals surface area contributed by atoms with Gasteiger partial charge < -0.3 is 0 Å². The van der Waals surface area contributed by atoms with Crippen molar-refractivity contribution < 1.29 is 8.78 Å². The standard InChI is InChI=1S/C9H6F2N3/c10-9(11)14-6-4-8(13-14)7-3-1-2-5-12-7/h1-3,5-6,9H. The molecule has 0 amide bonds. The molecule has 0 aliphatic heterocycles. The maximum Gasteiger partial charge on any atom is 0.333 e. The molecule has 0 saturated heterocycles. The number of aromatic nitrogens is 3. The van der Waals surface area contributed by atoms with E-state index >= 15 is 0 Å². The third kappa shape index (κ3) is 1.61. The van der Waals surface area contributed by atoms with E-state index in [0.717, 1.165) is 6.20 Å². The molecular weight excluding hydrogens is 188 g/mol. The first-order chi connectivity index (χ1) is 6.77. The van der Waals surface area contributed by atoms with Gasteiger partial charge in [0.1, 0.15) is 5.69 Å². The van der Waals surface area contributed by atoms with Gasteiger partial charge in [0.05, 0.1) is 5.69 Å². The monoisotopic (exact) mass is 194 g/mol. The minimum Gasteiger partial charge on any atom is -0.255 e. The molecule has 2 heterocycles. The first-order valence-electron chi connectivity index (χ1n) is 3.94. The van der Waals surface area contributed by atoms with E-state index in [1.54, 1.807) is 24.4 Å². The van der Waals surface area contributed by atoms with Crippen LogP contribution in [-0.4, -0.2) is 14.8 Å². The van der Waals surface area contributed by atoms with Crippen molar-refractivity contribution >= 4 is 0 Å². The van der Waals surface area contributed by atoms with Crippen molar-refractivity contribution in [2.24, 2.45) is 0 Å². The molecule has 5 heteroatoms. The lowest BCUT2D eigenvalue weighted by molar-refractivity contribution is 0.0568. The highest BCUT2D eigenvalue weighted by atomic mass is 19.3. The summed E-state index contributed by atoms with van der Waals surface area (Å²) in [6, 6.07) is 7.81.